The third-order valence-electron chi connectivity index (χ3n) is 2.52. The van der Waals surface area contributed by atoms with Crippen LogP contribution in [0.5, 0.6) is 5.88 Å². The van der Waals surface area contributed by atoms with Crippen LogP contribution in [0.25, 0.3) is 0 Å². The van der Waals surface area contributed by atoms with Gasteiger partial charge in [0.05, 0.1) is 7.11 Å². The Bertz CT molecular complexity index is 600. The van der Waals surface area contributed by atoms with Crippen LogP contribution in [0.3, 0.4) is 0 Å². The van der Waals surface area contributed by atoms with Crippen molar-refractivity contribution in [2.24, 2.45) is 0 Å². The quantitative estimate of drug-likeness (QED) is 0.794. The number of hydrogen-bond donors (Lipinski definition) is 0. The minimum Gasteiger partial charge on any atom is -0.480 e. The second kappa shape index (κ2) is 5.51. The lowest BCUT2D eigenvalue weighted by molar-refractivity contribution is 0.0985. The number of methoxy groups -OCH3 is 1. The number of hydrogen-bond acceptors (Lipinski definition) is 4. The summed E-state index contributed by atoms with van der Waals surface area (Å²) in [5, 5.41) is 7.30. The van der Waals surface area contributed by atoms with Gasteiger partial charge in [-0.25, -0.2) is 8.78 Å². The number of rotatable bonds is 4. The van der Waals surface area contributed by atoms with Crippen molar-refractivity contribution in [2.45, 2.75) is 6.42 Å². The van der Waals surface area contributed by atoms with Gasteiger partial charge in [0, 0.05) is 12.5 Å². The van der Waals surface area contributed by atoms with Gasteiger partial charge >= 0.3 is 0 Å². The Morgan fingerprint density at radius 3 is 2.63 bits per heavy atom. The molecule has 0 spiro atoms. The number of benzene rings is 1. The van der Waals surface area contributed by atoms with E-state index in [4.69, 9.17) is 4.74 Å². The van der Waals surface area contributed by atoms with Gasteiger partial charge in [0.15, 0.2) is 17.4 Å². The highest BCUT2D eigenvalue weighted by atomic mass is 19.2. The Labute approximate surface area is 108 Å². The number of Topliss-reactive ketones (excluding diaryl/α,β-unsaturated/α-hetero) is 1. The van der Waals surface area contributed by atoms with Gasteiger partial charge in [0.25, 0.3) is 0 Å². The van der Waals surface area contributed by atoms with Gasteiger partial charge < -0.3 is 4.74 Å². The zero-order chi connectivity index (χ0) is 13.8. The number of ketones is 1. The van der Waals surface area contributed by atoms with E-state index in [9.17, 15) is 13.6 Å². The van der Waals surface area contributed by atoms with E-state index in [1.165, 1.54) is 31.4 Å². The summed E-state index contributed by atoms with van der Waals surface area (Å²) in [6.45, 7) is 0. The number of ether oxygens (including phenoxy) is 1. The van der Waals surface area contributed by atoms with Gasteiger partial charge in [-0.15, -0.1) is 10.2 Å². The first kappa shape index (κ1) is 13.1. The topological polar surface area (TPSA) is 52.1 Å². The number of halogens is 2. The summed E-state index contributed by atoms with van der Waals surface area (Å²) in [5.74, 6) is -2.17. The van der Waals surface area contributed by atoms with E-state index in [0.717, 1.165) is 6.07 Å². The fourth-order valence-electron chi connectivity index (χ4n) is 1.53. The third-order valence-corrected chi connectivity index (χ3v) is 2.52. The van der Waals surface area contributed by atoms with Crippen molar-refractivity contribution < 1.29 is 18.3 Å². The van der Waals surface area contributed by atoms with E-state index in [2.05, 4.69) is 10.2 Å². The fourth-order valence-corrected chi connectivity index (χ4v) is 1.53. The molecule has 0 N–H and O–H groups in total. The molecule has 0 amide bonds. The normalized spacial score (nSPS) is 10.3. The molecule has 1 aromatic heterocycles. The summed E-state index contributed by atoms with van der Waals surface area (Å²) in [4.78, 5) is 11.8. The number of nitrogens with zero attached hydrogens (tertiary/aromatic N) is 2. The van der Waals surface area contributed by atoms with Gasteiger partial charge in [0.1, 0.15) is 5.69 Å². The van der Waals surface area contributed by atoms with E-state index in [1.54, 1.807) is 0 Å². The fraction of sp³-hybridized carbons (Fsp3) is 0.154. The van der Waals surface area contributed by atoms with Crippen molar-refractivity contribution >= 4 is 5.78 Å². The van der Waals surface area contributed by atoms with Gasteiger partial charge in [-0.05, 0) is 17.7 Å². The van der Waals surface area contributed by atoms with Gasteiger partial charge in [0.2, 0.25) is 5.88 Å². The lowest BCUT2D eigenvalue weighted by Crippen LogP contribution is -2.09. The summed E-state index contributed by atoms with van der Waals surface area (Å²) in [6.07, 6.45) is -0.273. The number of aromatic nitrogens is 2. The lowest BCUT2D eigenvalue weighted by atomic mass is 10.1. The van der Waals surface area contributed by atoms with Crippen LogP contribution < -0.4 is 4.74 Å². The van der Waals surface area contributed by atoms with E-state index < -0.39 is 17.4 Å². The molecule has 1 heterocycles. The molecule has 98 valence electrons. The minimum atomic E-state index is -1.02. The Kier molecular flexibility index (Phi) is 3.79. The van der Waals surface area contributed by atoms with Crippen molar-refractivity contribution in [2.75, 3.05) is 7.11 Å². The molecule has 2 aromatic rings. The van der Waals surface area contributed by atoms with Crippen molar-refractivity contribution in [1.82, 2.24) is 10.2 Å². The summed E-state index contributed by atoms with van der Waals surface area (Å²) >= 11 is 0. The second-order valence-electron chi connectivity index (χ2n) is 3.77. The third kappa shape index (κ3) is 2.90. The van der Waals surface area contributed by atoms with Gasteiger partial charge in [-0.3, -0.25) is 4.79 Å². The molecule has 0 unspecified atom stereocenters. The van der Waals surface area contributed by atoms with Gasteiger partial charge in [-0.1, -0.05) is 12.1 Å². The highest BCUT2D eigenvalue weighted by Crippen LogP contribution is 2.14. The van der Waals surface area contributed by atoms with Crippen LogP contribution in [0.1, 0.15) is 16.1 Å². The van der Waals surface area contributed by atoms with Gasteiger partial charge in [-0.2, -0.15) is 0 Å². The van der Waals surface area contributed by atoms with Crippen molar-refractivity contribution in [3.05, 3.63) is 53.2 Å². The van der Waals surface area contributed by atoms with Crippen LogP contribution >= 0.6 is 0 Å². The summed E-state index contributed by atoms with van der Waals surface area (Å²) < 4.78 is 31.2. The molecule has 2 rings (SSSR count). The Hall–Kier alpha value is -2.37. The molecule has 0 saturated heterocycles. The number of carbonyl (C=O) groups is 1. The first-order valence-corrected chi connectivity index (χ1v) is 5.45. The monoisotopic (exact) mass is 264 g/mol. The molecule has 0 fully saturated rings. The van der Waals surface area contributed by atoms with Crippen molar-refractivity contribution in [3.63, 3.8) is 0 Å². The maximum atomic E-state index is 13.4. The van der Waals surface area contributed by atoms with E-state index >= 15 is 0 Å². The van der Waals surface area contributed by atoms with Crippen molar-refractivity contribution in [3.8, 4) is 5.88 Å². The molecule has 1 aromatic carbocycles. The number of carbonyl (C=O) groups excluding carboxylic acids is 1. The highest BCUT2D eigenvalue weighted by Gasteiger charge is 2.14. The highest BCUT2D eigenvalue weighted by molar-refractivity contribution is 5.95. The molecule has 0 radical (unpaired) electrons. The minimum absolute atomic E-state index is 0.0115. The average molecular weight is 264 g/mol. The molecule has 0 atom stereocenters. The molecule has 6 heteroatoms. The van der Waals surface area contributed by atoms with E-state index in [-0.39, 0.29) is 23.6 Å². The zero-order valence-electron chi connectivity index (χ0n) is 10.1. The first-order chi connectivity index (χ1) is 9.11. The standard InChI is InChI=1S/C13H10F2N2O2/c1-19-12-6-5-10(16-17-12)11(18)7-8-3-2-4-9(14)13(8)15/h2-6H,7H2,1H3. The Morgan fingerprint density at radius 2 is 2.00 bits per heavy atom. The average Bonchev–Trinajstić information content (AvgIpc) is 2.44. The van der Waals surface area contributed by atoms with E-state index in [1.807, 2.05) is 0 Å². The van der Waals surface area contributed by atoms with E-state index in [0.29, 0.717) is 0 Å². The summed E-state index contributed by atoms with van der Waals surface area (Å²) in [5.41, 5.74) is 0.0621. The molecule has 19 heavy (non-hydrogen) atoms. The maximum absolute atomic E-state index is 13.4. The molecular weight excluding hydrogens is 254 g/mol. The molecule has 0 aliphatic rings. The van der Waals surface area contributed by atoms with Crippen LogP contribution in [0.15, 0.2) is 30.3 Å². The van der Waals surface area contributed by atoms with Crippen molar-refractivity contribution in [1.29, 1.82) is 0 Å². The second-order valence-corrected chi connectivity index (χ2v) is 3.77. The van der Waals surface area contributed by atoms with Crippen LogP contribution in [0.2, 0.25) is 0 Å². The molecule has 0 aliphatic heterocycles. The molecule has 0 saturated carbocycles. The summed E-state index contributed by atoms with van der Waals surface area (Å²) in [7, 11) is 1.42. The Morgan fingerprint density at radius 1 is 1.21 bits per heavy atom. The maximum Gasteiger partial charge on any atom is 0.233 e. The molecular formula is C13H10F2N2O2. The summed E-state index contributed by atoms with van der Waals surface area (Å²) in [6, 6.07) is 6.60. The zero-order valence-corrected chi connectivity index (χ0v) is 10.1. The molecule has 0 bridgehead atoms. The predicted molar refractivity (Wildman–Crippen MR) is 63.0 cm³/mol. The molecule has 0 aliphatic carbocycles. The largest absolute Gasteiger partial charge is 0.480 e. The van der Waals surface area contributed by atoms with Crippen LogP contribution in [0, 0.1) is 11.6 Å². The predicted octanol–water partition coefficient (Wildman–Crippen LogP) is 2.19. The molecule has 4 nitrogen and oxygen atoms in total. The smallest absolute Gasteiger partial charge is 0.233 e. The van der Waals surface area contributed by atoms with Crippen LogP contribution in [0.4, 0.5) is 8.78 Å². The SMILES string of the molecule is COc1ccc(C(=O)Cc2cccc(F)c2F)nn1. The van der Waals surface area contributed by atoms with Crippen LogP contribution in [-0.4, -0.2) is 23.1 Å². The first-order valence-electron chi connectivity index (χ1n) is 5.45. The lowest BCUT2D eigenvalue weighted by Gasteiger charge is -2.03. The Balaban J connectivity index is 2.18. The van der Waals surface area contributed by atoms with Crippen LogP contribution in [-0.2, 0) is 6.42 Å².